The maximum atomic E-state index is 12.4. The summed E-state index contributed by atoms with van der Waals surface area (Å²) < 4.78 is 1.44. The summed E-state index contributed by atoms with van der Waals surface area (Å²) in [5, 5.41) is 3.08. The SMILES string of the molecule is O=C(Cn1ccccc1=O)NC[C@H]1CC2c3ccccc3C1c1ccccc12. The van der Waals surface area contributed by atoms with Crippen LogP contribution < -0.4 is 10.9 Å². The largest absolute Gasteiger partial charge is 0.354 e. The first-order chi connectivity index (χ1) is 13.7. The molecule has 1 atom stereocenters. The first-order valence-electron chi connectivity index (χ1n) is 9.82. The van der Waals surface area contributed by atoms with Crippen molar-refractivity contribution in [3.8, 4) is 0 Å². The molecule has 3 aliphatic carbocycles. The van der Waals surface area contributed by atoms with Gasteiger partial charge in [-0.1, -0.05) is 54.6 Å². The molecule has 0 saturated heterocycles. The van der Waals surface area contributed by atoms with Crippen molar-refractivity contribution in [3.63, 3.8) is 0 Å². The fraction of sp³-hybridized carbons (Fsp3) is 0.250. The van der Waals surface area contributed by atoms with Crippen molar-refractivity contribution in [2.45, 2.75) is 24.8 Å². The van der Waals surface area contributed by atoms with Gasteiger partial charge >= 0.3 is 0 Å². The lowest BCUT2D eigenvalue weighted by molar-refractivity contribution is -0.121. The zero-order valence-corrected chi connectivity index (χ0v) is 15.5. The molecule has 1 heterocycles. The molecule has 0 aliphatic heterocycles. The van der Waals surface area contributed by atoms with Gasteiger partial charge in [0.25, 0.3) is 5.56 Å². The van der Waals surface area contributed by atoms with Crippen LogP contribution in [-0.2, 0) is 11.3 Å². The molecule has 4 nitrogen and oxygen atoms in total. The third-order valence-corrected chi connectivity index (χ3v) is 6.20. The second-order valence-electron chi connectivity index (χ2n) is 7.75. The Hall–Kier alpha value is -3.14. The zero-order valence-electron chi connectivity index (χ0n) is 15.5. The molecule has 140 valence electrons. The lowest BCUT2D eigenvalue weighted by Gasteiger charge is -2.45. The highest BCUT2D eigenvalue weighted by Gasteiger charge is 2.42. The predicted octanol–water partition coefficient (Wildman–Crippen LogP) is 3.26. The normalized spacial score (nSPS) is 21.6. The van der Waals surface area contributed by atoms with Gasteiger partial charge in [-0.15, -0.1) is 0 Å². The first-order valence-corrected chi connectivity index (χ1v) is 9.82. The maximum Gasteiger partial charge on any atom is 0.250 e. The number of hydrogen-bond acceptors (Lipinski definition) is 2. The van der Waals surface area contributed by atoms with E-state index in [4.69, 9.17) is 0 Å². The average molecular weight is 370 g/mol. The van der Waals surface area contributed by atoms with Gasteiger partial charge in [-0.05, 0) is 40.7 Å². The molecule has 6 rings (SSSR count). The molecule has 1 N–H and O–H groups in total. The smallest absolute Gasteiger partial charge is 0.250 e. The van der Waals surface area contributed by atoms with Gasteiger partial charge in [0, 0.05) is 30.6 Å². The number of hydrogen-bond donors (Lipinski definition) is 1. The van der Waals surface area contributed by atoms with E-state index >= 15 is 0 Å². The van der Waals surface area contributed by atoms with Crippen LogP contribution in [0.5, 0.6) is 0 Å². The fourth-order valence-electron chi connectivity index (χ4n) is 5.01. The van der Waals surface area contributed by atoms with E-state index in [0.29, 0.717) is 24.3 Å². The minimum absolute atomic E-state index is 0.0632. The fourth-order valence-corrected chi connectivity index (χ4v) is 5.01. The number of nitrogens with zero attached hydrogens (tertiary/aromatic N) is 1. The monoisotopic (exact) mass is 370 g/mol. The third kappa shape index (κ3) is 2.76. The van der Waals surface area contributed by atoms with Crippen molar-refractivity contribution in [2.24, 2.45) is 5.92 Å². The molecule has 4 heteroatoms. The van der Waals surface area contributed by atoms with Crippen molar-refractivity contribution in [2.75, 3.05) is 6.54 Å². The van der Waals surface area contributed by atoms with Crippen molar-refractivity contribution in [1.82, 2.24) is 9.88 Å². The minimum Gasteiger partial charge on any atom is -0.354 e. The number of rotatable bonds is 4. The molecule has 0 saturated carbocycles. The first kappa shape index (κ1) is 17.0. The lowest BCUT2D eigenvalue weighted by atomic mass is 9.59. The molecule has 3 aliphatic rings. The van der Waals surface area contributed by atoms with Crippen molar-refractivity contribution in [1.29, 1.82) is 0 Å². The Morgan fingerprint density at radius 1 is 0.893 bits per heavy atom. The number of nitrogens with one attached hydrogen (secondary N) is 1. The summed E-state index contributed by atoms with van der Waals surface area (Å²) in [5.41, 5.74) is 5.51. The Balaban J connectivity index is 1.37. The molecule has 0 fully saturated rings. The van der Waals surface area contributed by atoms with E-state index in [9.17, 15) is 9.59 Å². The quantitative estimate of drug-likeness (QED) is 0.766. The number of aromatic nitrogens is 1. The van der Waals surface area contributed by atoms with E-state index in [1.54, 1.807) is 18.3 Å². The molecular formula is C24H22N2O2. The van der Waals surface area contributed by atoms with E-state index in [1.165, 1.54) is 32.9 Å². The number of fused-ring (bicyclic) bond motifs is 1. The minimum atomic E-state index is -0.155. The molecule has 2 aromatic carbocycles. The molecule has 3 aromatic rings. The van der Waals surface area contributed by atoms with Crippen LogP contribution in [0.1, 0.15) is 40.5 Å². The topological polar surface area (TPSA) is 51.1 Å². The van der Waals surface area contributed by atoms with Crippen LogP contribution in [0.25, 0.3) is 0 Å². The van der Waals surface area contributed by atoms with Crippen LogP contribution in [0.2, 0.25) is 0 Å². The van der Waals surface area contributed by atoms with Gasteiger partial charge in [0.1, 0.15) is 6.54 Å². The van der Waals surface area contributed by atoms with Gasteiger partial charge in [-0.25, -0.2) is 0 Å². The molecular weight excluding hydrogens is 348 g/mol. The summed E-state index contributed by atoms with van der Waals surface area (Å²) >= 11 is 0. The Bertz CT molecular complexity index is 1050. The van der Waals surface area contributed by atoms with Crippen LogP contribution in [-0.4, -0.2) is 17.0 Å². The maximum absolute atomic E-state index is 12.4. The summed E-state index contributed by atoms with van der Waals surface area (Å²) in [5.74, 6) is 0.968. The zero-order chi connectivity index (χ0) is 19.1. The molecule has 0 radical (unpaired) electrons. The number of benzene rings is 2. The number of carbonyl (C=O) groups is 1. The molecule has 1 amide bonds. The van der Waals surface area contributed by atoms with Gasteiger partial charge in [0.15, 0.2) is 0 Å². The van der Waals surface area contributed by atoms with Gasteiger partial charge < -0.3 is 9.88 Å². The highest BCUT2D eigenvalue weighted by atomic mass is 16.2. The number of carbonyl (C=O) groups excluding carboxylic acids is 1. The number of pyridine rings is 1. The number of amides is 1. The predicted molar refractivity (Wildman–Crippen MR) is 108 cm³/mol. The van der Waals surface area contributed by atoms with Crippen LogP contribution >= 0.6 is 0 Å². The van der Waals surface area contributed by atoms with Crippen LogP contribution in [0.15, 0.2) is 77.7 Å². The van der Waals surface area contributed by atoms with Crippen LogP contribution in [0.4, 0.5) is 0 Å². The molecule has 28 heavy (non-hydrogen) atoms. The van der Waals surface area contributed by atoms with Crippen molar-refractivity contribution >= 4 is 5.91 Å². The third-order valence-electron chi connectivity index (χ3n) is 6.20. The van der Waals surface area contributed by atoms with E-state index in [1.807, 2.05) is 0 Å². The van der Waals surface area contributed by atoms with E-state index in [-0.39, 0.29) is 18.0 Å². The summed E-state index contributed by atoms with van der Waals surface area (Å²) in [6, 6.07) is 22.4. The highest BCUT2D eigenvalue weighted by Crippen LogP contribution is 2.55. The van der Waals surface area contributed by atoms with Gasteiger partial charge in [0.2, 0.25) is 5.91 Å². The second kappa shape index (κ2) is 6.79. The molecule has 1 aromatic heterocycles. The lowest BCUT2D eigenvalue weighted by Crippen LogP contribution is -2.40. The Kier molecular flexibility index (Phi) is 4.12. The van der Waals surface area contributed by atoms with Crippen molar-refractivity contribution < 1.29 is 4.79 Å². The van der Waals surface area contributed by atoms with E-state index in [0.717, 1.165) is 6.42 Å². The molecule has 0 spiro atoms. The molecule has 2 bridgehead atoms. The summed E-state index contributed by atoms with van der Waals surface area (Å²) in [6.45, 7) is 0.692. The summed E-state index contributed by atoms with van der Waals surface area (Å²) in [4.78, 5) is 24.3. The van der Waals surface area contributed by atoms with E-state index < -0.39 is 0 Å². The second-order valence-corrected chi connectivity index (χ2v) is 7.75. The van der Waals surface area contributed by atoms with Gasteiger partial charge in [-0.3, -0.25) is 9.59 Å². The Morgan fingerprint density at radius 2 is 1.50 bits per heavy atom. The summed E-state index contributed by atoms with van der Waals surface area (Å²) in [7, 11) is 0. The van der Waals surface area contributed by atoms with Crippen LogP contribution in [0.3, 0.4) is 0 Å². The van der Waals surface area contributed by atoms with E-state index in [2.05, 4.69) is 53.8 Å². The Morgan fingerprint density at radius 3 is 2.14 bits per heavy atom. The highest BCUT2D eigenvalue weighted by molar-refractivity contribution is 5.75. The van der Waals surface area contributed by atoms with Gasteiger partial charge in [-0.2, -0.15) is 0 Å². The summed E-state index contributed by atoms with van der Waals surface area (Å²) in [6.07, 6.45) is 2.70. The Labute approximate surface area is 163 Å². The molecule has 0 unspecified atom stereocenters. The average Bonchev–Trinajstić information content (AvgIpc) is 2.74. The standard InChI is InChI=1S/C24H22N2O2/c27-22(15-26-12-6-5-11-23(26)28)25-14-16-13-21-17-7-1-3-9-19(17)24(16)20-10-4-2-8-18(20)21/h1-12,16,21,24H,13-15H2,(H,25,27)/t16-,21?,24?/m1/s1. The van der Waals surface area contributed by atoms with Crippen LogP contribution in [0, 0.1) is 5.92 Å². The van der Waals surface area contributed by atoms with Gasteiger partial charge in [0.05, 0.1) is 0 Å². The van der Waals surface area contributed by atoms with Crippen molar-refractivity contribution in [3.05, 3.63) is 106 Å².